The number of amides is 2. The number of hydrogen-bond acceptors (Lipinski definition) is 5. The zero-order valence-corrected chi connectivity index (χ0v) is 19.5. The zero-order chi connectivity index (χ0) is 22.2. The second kappa shape index (κ2) is 11.2. The van der Waals surface area contributed by atoms with Gasteiger partial charge in [0.25, 0.3) is 0 Å². The molecule has 2 amide bonds. The Labute approximate surface area is 188 Å². The molecule has 6 nitrogen and oxygen atoms in total. The summed E-state index contributed by atoms with van der Waals surface area (Å²) >= 11 is 1.65. The summed E-state index contributed by atoms with van der Waals surface area (Å²) in [6, 6.07) is 10.1. The van der Waals surface area contributed by atoms with Crippen LogP contribution in [0.4, 0.5) is 0 Å². The third-order valence-corrected chi connectivity index (χ3v) is 6.52. The lowest BCUT2D eigenvalue weighted by atomic mass is 10.1. The number of hydrogen-bond donors (Lipinski definition) is 0. The van der Waals surface area contributed by atoms with Gasteiger partial charge < -0.3 is 19.3 Å². The standard InChI is InChI=1S/C24H32N2O4S/c1-25(2)23(27)12-13-24(28)26(19-7-4-5-8-19)16-18-10-11-21(29-3)22(15-18)30-17-20-9-6-14-31-20/h6,9-11,14-15,19H,4-5,7-8,12-13,16-17H2,1-3H3. The van der Waals surface area contributed by atoms with Crippen molar-refractivity contribution in [3.63, 3.8) is 0 Å². The molecule has 2 aromatic rings. The van der Waals surface area contributed by atoms with Gasteiger partial charge in [-0.2, -0.15) is 0 Å². The zero-order valence-electron chi connectivity index (χ0n) is 18.6. The van der Waals surface area contributed by atoms with Gasteiger partial charge in [-0.15, -0.1) is 11.3 Å². The average molecular weight is 445 g/mol. The lowest BCUT2D eigenvalue weighted by molar-refractivity contribution is -0.137. The van der Waals surface area contributed by atoms with Crippen LogP contribution < -0.4 is 9.47 Å². The Morgan fingerprint density at radius 3 is 2.45 bits per heavy atom. The van der Waals surface area contributed by atoms with Gasteiger partial charge in [-0.1, -0.05) is 25.0 Å². The molecule has 1 aliphatic carbocycles. The van der Waals surface area contributed by atoms with Crippen molar-refractivity contribution in [2.24, 2.45) is 0 Å². The van der Waals surface area contributed by atoms with Crippen LogP contribution >= 0.6 is 11.3 Å². The van der Waals surface area contributed by atoms with Crippen LogP contribution in [0, 0.1) is 0 Å². The van der Waals surface area contributed by atoms with Crippen molar-refractivity contribution in [2.75, 3.05) is 21.2 Å². The van der Waals surface area contributed by atoms with E-state index in [2.05, 4.69) is 0 Å². The Bertz CT molecular complexity index is 860. The first-order valence-electron chi connectivity index (χ1n) is 10.8. The molecule has 0 spiro atoms. The topological polar surface area (TPSA) is 59.1 Å². The van der Waals surface area contributed by atoms with E-state index in [1.54, 1.807) is 32.5 Å². The van der Waals surface area contributed by atoms with Crippen molar-refractivity contribution in [2.45, 2.75) is 57.7 Å². The average Bonchev–Trinajstić information content (AvgIpc) is 3.48. The molecule has 1 aromatic carbocycles. The molecule has 0 atom stereocenters. The van der Waals surface area contributed by atoms with E-state index in [-0.39, 0.29) is 30.7 Å². The second-order valence-electron chi connectivity index (χ2n) is 8.10. The van der Waals surface area contributed by atoms with E-state index in [4.69, 9.17) is 9.47 Å². The van der Waals surface area contributed by atoms with Crippen molar-refractivity contribution in [1.82, 2.24) is 9.80 Å². The fourth-order valence-corrected chi connectivity index (χ4v) is 4.51. The molecular weight excluding hydrogens is 412 g/mol. The molecule has 0 saturated heterocycles. The van der Waals surface area contributed by atoms with Crippen LogP contribution in [0.25, 0.3) is 0 Å². The number of thiophene rings is 1. The largest absolute Gasteiger partial charge is 0.493 e. The van der Waals surface area contributed by atoms with Crippen LogP contribution in [-0.2, 0) is 22.7 Å². The Hall–Kier alpha value is -2.54. The highest BCUT2D eigenvalue weighted by Gasteiger charge is 2.27. The molecular formula is C24H32N2O4S. The fourth-order valence-electron chi connectivity index (χ4n) is 3.89. The smallest absolute Gasteiger partial charge is 0.223 e. The monoisotopic (exact) mass is 444 g/mol. The molecule has 31 heavy (non-hydrogen) atoms. The number of methoxy groups -OCH3 is 1. The van der Waals surface area contributed by atoms with E-state index in [0.29, 0.717) is 24.7 Å². The molecule has 1 fully saturated rings. The predicted octanol–water partition coefficient (Wildman–Crippen LogP) is 4.48. The third-order valence-electron chi connectivity index (χ3n) is 5.67. The van der Waals surface area contributed by atoms with Crippen molar-refractivity contribution in [3.8, 4) is 11.5 Å². The maximum Gasteiger partial charge on any atom is 0.223 e. The Kier molecular flexibility index (Phi) is 8.35. The van der Waals surface area contributed by atoms with Crippen LogP contribution in [0.1, 0.15) is 49.0 Å². The van der Waals surface area contributed by atoms with Gasteiger partial charge >= 0.3 is 0 Å². The Morgan fingerprint density at radius 1 is 1.06 bits per heavy atom. The van der Waals surface area contributed by atoms with E-state index in [1.165, 1.54) is 4.90 Å². The van der Waals surface area contributed by atoms with Gasteiger partial charge in [0.1, 0.15) is 6.61 Å². The summed E-state index contributed by atoms with van der Waals surface area (Å²) < 4.78 is 11.5. The summed E-state index contributed by atoms with van der Waals surface area (Å²) in [5.41, 5.74) is 1.00. The van der Waals surface area contributed by atoms with E-state index in [9.17, 15) is 9.59 Å². The molecule has 3 rings (SSSR count). The molecule has 1 aliphatic rings. The fraction of sp³-hybridized carbons (Fsp3) is 0.500. The van der Waals surface area contributed by atoms with E-state index in [0.717, 1.165) is 36.1 Å². The van der Waals surface area contributed by atoms with Crippen molar-refractivity contribution < 1.29 is 19.1 Å². The summed E-state index contributed by atoms with van der Waals surface area (Å²) in [6.45, 7) is 0.994. The second-order valence-corrected chi connectivity index (χ2v) is 9.13. The summed E-state index contributed by atoms with van der Waals surface area (Å²) in [5.74, 6) is 1.37. The first kappa shape index (κ1) is 23.1. The summed E-state index contributed by atoms with van der Waals surface area (Å²) in [6.07, 6.45) is 4.81. The lowest BCUT2D eigenvalue weighted by Gasteiger charge is -2.29. The number of ether oxygens (including phenoxy) is 2. The number of rotatable bonds is 10. The van der Waals surface area contributed by atoms with Crippen molar-refractivity contribution in [1.29, 1.82) is 0 Å². The van der Waals surface area contributed by atoms with Crippen LogP contribution in [0.3, 0.4) is 0 Å². The minimum atomic E-state index is -0.0200. The van der Waals surface area contributed by atoms with Crippen LogP contribution in [0.5, 0.6) is 11.5 Å². The lowest BCUT2D eigenvalue weighted by Crippen LogP contribution is -2.38. The molecule has 0 unspecified atom stereocenters. The SMILES string of the molecule is COc1ccc(CN(C(=O)CCC(=O)N(C)C)C2CCCC2)cc1OCc1cccs1. The maximum absolute atomic E-state index is 13.1. The van der Waals surface area contributed by atoms with Crippen molar-refractivity contribution in [3.05, 3.63) is 46.2 Å². The van der Waals surface area contributed by atoms with E-state index < -0.39 is 0 Å². The number of benzene rings is 1. The minimum Gasteiger partial charge on any atom is -0.493 e. The first-order chi connectivity index (χ1) is 15.0. The van der Waals surface area contributed by atoms with Gasteiger partial charge in [0, 0.05) is 44.4 Å². The van der Waals surface area contributed by atoms with E-state index >= 15 is 0 Å². The van der Waals surface area contributed by atoms with Crippen LogP contribution in [-0.4, -0.2) is 48.9 Å². The maximum atomic E-state index is 13.1. The molecule has 1 heterocycles. The van der Waals surface area contributed by atoms with Crippen molar-refractivity contribution >= 4 is 23.2 Å². The Balaban J connectivity index is 1.72. The summed E-state index contributed by atoms with van der Waals surface area (Å²) in [5, 5.41) is 2.03. The number of nitrogens with zero attached hydrogens (tertiary/aromatic N) is 2. The highest BCUT2D eigenvalue weighted by molar-refractivity contribution is 7.09. The van der Waals surface area contributed by atoms with Gasteiger partial charge in [-0.25, -0.2) is 0 Å². The highest BCUT2D eigenvalue weighted by atomic mass is 32.1. The first-order valence-corrected chi connectivity index (χ1v) is 11.7. The molecule has 0 N–H and O–H groups in total. The van der Waals surface area contributed by atoms with Gasteiger partial charge in [-0.3, -0.25) is 9.59 Å². The van der Waals surface area contributed by atoms with E-state index in [1.807, 2.05) is 40.6 Å². The molecule has 0 aliphatic heterocycles. The molecule has 0 bridgehead atoms. The molecule has 7 heteroatoms. The molecule has 1 saturated carbocycles. The quantitative estimate of drug-likeness (QED) is 0.542. The number of carbonyl (C=O) groups is 2. The normalized spacial score (nSPS) is 13.8. The number of carbonyl (C=O) groups excluding carboxylic acids is 2. The van der Waals surface area contributed by atoms with Gasteiger partial charge in [-0.05, 0) is 42.0 Å². The molecule has 1 aromatic heterocycles. The summed E-state index contributed by atoms with van der Waals surface area (Å²) in [7, 11) is 5.07. The summed E-state index contributed by atoms with van der Waals surface area (Å²) in [4.78, 5) is 29.6. The molecule has 168 valence electrons. The van der Waals surface area contributed by atoms with Gasteiger partial charge in [0.2, 0.25) is 11.8 Å². The molecule has 0 radical (unpaired) electrons. The predicted molar refractivity (Wildman–Crippen MR) is 122 cm³/mol. The van der Waals surface area contributed by atoms with Gasteiger partial charge in [0.05, 0.1) is 7.11 Å². The minimum absolute atomic E-state index is 0.0200. The third kappa shape index (κ3) is 6.47. The highest BCUT2D eigenvalue weighted by Crippen LogP contribution is 2.31. The van der Waals surface area contributed by atoms with Gasteiger partial charge in [0.15, 0.2) is 11.5 Å². The van der Waals surface area contributed by atoms with Crippen LogP contribution in [0.2, 0.25) is 0 Å². The van der Waals surface area contributed by atoms with Crippen LogP contribution in [0.15, 0.2) is 35.7 Å². The Morgan fingerprint density at radius 2 is 1.81 bits per heavy atom.